The van der Waals surface area contributed by atoms with E-state index in [9.17, 15) is 9.59 Å². The van der Waals surface area contributed by atoms with Gasteiger partial charge in [0.1, 0.15) is 0 Å². The van der Waals surface area contributed by atoms with E-state index < -0.39 is 0 Å². The second-order valence-corrected chi connectivity index (χ2v) is 9.16. The number of aromatic nitrogens is 3. The highest BCUT2D eigenvalue weighted by atomic mass is 35.5. The van der Waals surface area contributed by atoms with Gasteiger partial charge in [-0.15, -0.1) is 10.2 Å². The molecular formula is C26H23ClN4O2S. The zero-order valence-electron chi connectivity index (χ0n) is 18.6. The van der Waals surface area contributed by atoms with Crippen LogP contribution in [0.25, 0.3) is 11.4 Å². The van der Waals surface area contributed by atoms with E-state index in [4.69, 9.17) is 11.6 Å². The second-order valence-electron chi connectivity index (χ2n) is 7.66. The summed E-state index contributed by atoms with van der Waals surface area (Å²) in [5.74, 6) is 1.19. The zero-order chi connectivity index (χ0) is 23.9. The maximum atomic E-state index is 12.4. The van der Waals surface area contributed by atoms with E-state index in [2.05, 4.69) is 32.2 Å². The van der Waals surface area contributed by atoms with Crippen LogP contribution in [0, 0.1) is 0 Å². The molecule has 1 heterocycles. The number of amides is 1. The number of halogens is 1. The summed E-state index contributed by atoms with van der Waals surface area (Å²) in [6.45, 7) is 2.13. The number of benzene rings is 3. The topological polar surface area (TPSA) is 76.9 Å². The summed E-state index contributed by atoms with van der Waals surface area (Å²) in [5.41, 5.74) is 3.33. The molecule has 4 rings (SSSR count). The normalized spacial score (nSPS) is 10.8. The molecule has 0 unspecified atom stereocenters. The fourth-order valence-electron chi connectivity index (χ4n) is 3.36. The van der Waals surface area contributed by atoms with Crippen molar-refractivity contribution in [3.63, 3.8) is 0 Å². The Balaban J connectivity index is 1.44. The maximum Gasteiger partial charge on any atom is 0.225 e. The van der Waals surface area contributed by atoms with E-state index in [0.29, 0.717) is 35.0 Å². The number of carbonyl (C=O) groups excluding carboxylic acids is 2. The van der Waals surface area contributed by atoms with Crippen LogP contribution in [0.1, 0.15) is 29.3 Å². The summed E-state index contributed by atoms with van der Waals surface area (Å²) in [6, 6.07) is 24.5. The minimum absolute atomic E-state index is 0.00754. The number of hydrogen-bond acceptors (Lipinski definition) is 5. The summed E-state index contributed by atoms with van der Waals surface area (Å²) in [6.07, 6.45) is 0.313. The fourth-order valence-corrected chi connectivity index (χ4v) is 4.36. The molecular weight excluding hydrogens is 468 g/mol. The van der Waals surface area contributed by atoms with Crippen molar-refractivity contribution < 1.29 is 9.59 Å². The SMILES string of the molecule is CC(=O)c1ccc(NC(=O)CCSc2nnc(-c3ccc(Cl)cc3)n2Cc2ccccc2)cc1. The Morgan fingerprint density at radius 2 is 1.65 bits per heavy atom. The fraction of sp³-hybridized carbons (Fsp3) is 0.154. The van der Waals surface area contributed by atoms with Crippen molar-refractivity contribution in [3.8, 4) is 11.4 Å². The predicted molar refractivity (Wildman–Crippen MR) is 136 cm³/mol. The smallest absolute Gasteiger partial charge is 0.225 e. The van der Waals surface area contributed by atoms with Crippen LogP contribution in [0.15, 0.2) is 84.0 Å². The first-order chi connectivity index (χ1) is 16.5. The third-order valence-corrected chi connectivity index (χ3v) is 6.36. The summed E-state index contributed by atoms with van der Waals surface area (Å²) in [7, 11) is 0. The van der Waals surface area contributed by atoms with E-state index in [1.54, 1.807) is 24.3 Å². The van der Waals surface area contributed by atoms with Crippen molar-refractivity contribution in [3.05, 3.63) is 95.0 Å². The average molecular weight is 491 g/mol. The maximum absolute atomic E-state index is 12.4. The van der Waals surface area contributed by atoms with Gasteiger partial charge >= 0.3 is 0 Å². The lowest BCUT2D eigenvalue weighted by Crippen LogP contribution is -2.12. The van der Waals surface area contributed by atoms with Gasteiger partial charge in [0, 0.05) is 34.0 Å². The number of carbonyl (C=O) groups is 2. The summed E-state index contributed by atoms with van der Waals surface area (Å²) in [5, 5.41) is 13.1. The molecule has 172 valence electrons. The minimum Gasteiger partial charge on any atom is -0.326 e. The van der Waals surface area contributed by atoms with E-state index in [-0.39, 0.29) is 11.7 Å². The lowest BCUT2D eigenvalue weighted by atomic mass is 10.1. The van der Waals surface area contributed by atoms with Gasteiger partial charge < -0.3 is 5.32 Å². The second kappa shape index (κ2) is 11.1. The molecule has 0 saturated carbocycles. The third-order valence-electron chi connectivity index (χ3n) is 5.14. The Kier molecular flexibility index (Phi) is 7.77. The van der Waals surface area contributed by atoms with Crippen LogP contribution in [-0.4, -0.2) is 32.2 Å². The van der Waals surface area contributed by atoms with Crippen molar-refractivity contribution in [2.45, 2.75) is 25.0 Å². The molecule has 0 saturated heterocycles. The average Bonchev–Trinajstić information content (AvgIpc) is 3.23. The summed E-state index contributed by atoms with van der Waals surface area (Å²) in [4.78, 5) is 23.8. The molecule has 4 aromatic rings. The zero-order valence-corrected chi connectivity index (χ0v) is 20.1. The summed E-state index contributed by atoms with van der Waals surface area (Å²) < 4.78 is 2.06. The Morgan fingerprint density at radius 3 is 2.32 bits per heavy atom. The largest absolute Gasteiger partial charge is 0.326 e. The predicted octanol–water partition coefficient (Wildman–Crippen LogP) is 5.97. The molecule has 0 atom stereocenters. The van der Waals surface area contributed by atoms with Crippen LogP contribution < -0.4 is 5.32 Å². The van der Waals surface area contributed by atoms with Crippen molar-refractivity contribution in [1.29, 1.82) is 0 Å². The van der Waals surface area contributed by atoms with Crippen LogP contribution >= 0.6 is 23.4 Å². The number of anilines is 1. The van der Waals surface area contributed by atoms with Gasteiger partial charge in [-0.25, -0.2) is 0 Å². The van der Waals surface area contributed by atoms with Gasteiger partial charge in [-0.1, -0.05) is 53.7 Å². The molecule has 0 radical (unpaired) electrons. The molecule has 0 aliphatic rings. The number of hydrogen-bond donors (Lipinski definition) is 1. The number of Topliss-reactive ketones (excluding diaryl/α,β-unsaturated/α-hetero) is 1. The first-order valence-corrected chi connectivity index (χ1v) is 12.1. The molecule has 0 bridgehead atoms. The van der Waals surface area contributed by atoms with Gasteiger partial charge in [0.2, 0.25) is 5.91 Å². The highest BCUT2D eigenvalue weighted by Crippen LogP contribution is 2.26. The first kappa shape index (κ1) is 23.7. The minimum atomic E-state index is -0.102. The highest BCUT2D eigenvalue weighted by Gasteiger charge is 2.15. The van der Waals surface area contributed by atoms with Gasteiger partial charge in [0.15, 0.2) is 16.8 Å². The molecule has 0 spiro atoms. The lowest BCUT2D eigenvalue weighted by Gasteiger charge is -2.11. The van der Waals surface area contributed by atoms with Gasteiger partial charge in [-0.2, -0.15) is 0 Å². The molecule has 34 heavy (non-hydrogen) atoms. The van der Waals surface area contributed by atoms with E-state index in [1.165, 1.54) is 18.7 Å². The molecule has 0 aliphatic carbocycles. The molecule has 3 aromatic carbocycles. The molecule has 0 aliphatic heterocycles. The van der Waals surface area contributed by atoms with Crippen molar-refractivity contribution in [2.75, 3.05) is 11.1 Å². The number of nitrogens with zero attached hydrogens (tertiary/aromatic N) is 3. The molecule has 1 amide bonds. The van der Waals surface area contributed by atoms with E-state index in [0.717, 1.165) is 22.1 Å². The van der Waals surface area contributed by atoms with Crippen LogP contribution in [-0.2, 0) is 11.3 Å². The lowest BCUT2D eigenvalue weighted by molar-refractivity contribution is -0.115. The Morgan fingerprint density at radius 1 is 0.941 bits per heavy atom. The van der Waals surface area contributed by atoms with Crippen LogP contribution in [0.5, 0.6) is 0 Å². The number of ketones is 1. The standard InChI is InChI=1S/C26H23ClN4O2S/c1-18(32)20-9-13-23(14-10-20)28-24(33)15-16-34-26-30-29-25(21-7-11-22(27)12-8-21)31(26)17-19-5-3-2-4-6-19/h2-14H,15-17H2,1H3,(H,28,33). The van der Waals surface area contributed by atoms with E-state index >= 15 is 0 Å². The summed E-state index contributed by atoms with van der Waals surface area (Å²) >= 11 is 7.54. The Bertz CT molecular complexity index is 1270. The van der Waals surface area contributed by atoms with Crippen molar-refractivity contribution in [1.82, 2.24) is 14.8 Å². The van der Waals surface area contributed by atoms with Crippen molar-refractivity contribution in [2.24, 2.45) is 0 Å². The quantitative estimate of drug-likeness (QED) is 0.231. The number of rotatable bonds is 9. The van der Waals surface area contributed by atoms with Gasteiger partial charge in [0.05, 0.1) is 6.54 Å². The molecule has 8 heteroatoms. The van der Waals surface area contributed by atoms with E-state index in [1.807, 2.05) is 42.5 Å². The van der Waals surface area contributed by atoms with Crippen molar-refractivity contribution >= 4 is 40.7 Å². The highest BCUT2D eigenvalue weighted by molar-refractivity contribution is 7.99. The first-order valence-electron chi connectivity index (χ1n) is 10.8. The molecule has 6 nitrogen and oxygen atoms in total. The molecule has 0 fully saturated rings. The monoisotopic (exact) mass is 490 g/mol. The van der Waals surface area contributed by atoms with Crippen LogP contribution in [0.2, 0.25) is 5.02 Å². The Labute approximate surface area is 207 Å². The molecule has 1 aromatic heterocycles. The number of nitrogens with one attached hydrogen (secondary N) is 1. The third kappa shape index (κ3) is 6.12. The van der Waals surface area contributed by atoms with Crippen LogP contribution in [0.4, 0.5) is 5.69 Å². The van der Waals surface area contributed by atoms with Gasteiger partial charge in [0.25, 0.3) is 0 Å². The Hall–Kier alpha value is -3.42. The number of thioether (sulfide) groups is 1. The van der Waals surface area contributed by atoms with Crippen LogP contribution in [0.3, 0.4) is 0 Å². The molecule has 1 N–H and O–H groups in total. The van der Waals surface area contributed by atoms with Gasteiger partial charge in [-0.3, -0.25) is 14.2 Å². The van der Waals surface area contributed by atoms with Gasteiger partial charge in [-0.05, 0) is 61.0 Å².